The number of benzene rings is 2. The molecule has 5 rings (SSSR count). The van der Waals surface area contributed by atoms with Crippen LogP contribution in [-0.4, -0.2) is 14.0 Å². The predicted molar refractivity (Wildman–Crippen MR) is 128 cm³/mol. The van der Waals surface area contributed by atoms with Gasteiger partial charge in [0, 0.05) is 21.5 Å². The predicted octanol–water partition coefficient (Wildman–Crippen LogP) is 5.24. The number of nitrogens with zero attached hydrogens (tertiary/aromatic N) is 3. The summed E-state index contributed by atoms with van der Waals surface area (Å²) < 4.78 is 5.69. The van der Waals surface area contributed by atoms with E-state index in [0.29, 0.717) is 4.53 Å². The number of hydrogen-bond acceptors (Lipinski definition) is 3. The van der Waals surface area contributed by atoms with Crippen molar-refractivity contribution in [2.24, 2.45) is 0 Å². The van der Waals surface area contributed by atoms with Crippen molar-refractivity contribution < 1.29 is 0 Å². The van der Waals surface area contributed by atoms with Gasteiger partial charge >= 0.3 is 0 Å². The molecule has 0 fully saturated rings. The van der Waals surface area contributed by atoms with E-state index in [0.717, 1.165) is 48.7 Å². The Bertz CT molecular complexity index is 1570. The van der Waals surface area contributed by atoms with Crippen LogP contribution < -0.4 is 10.1 Å². The van der Waals surface area contributed by atoms with Gasteiger partial charge in [0.05, 0.1) is 15.6 Å². The first kappa shape index (κ1) is 19.3. The Morgan fingerprint density at radius 2 is 1.80 bits per heavy atom. The van der Waals surface area contributed by atoms with Gasteiger partial charge in [0.15, 0.2) is 4.96 Å². The van der Waals surface area contributed by atoms with E-state index in [2.05, 4.69) is 78.5 Å². The standard InChI is InChI=1S/C24H20BrN3OS/c1-13-8-20-21(9-14(13)2)28-23(29)22(30-24(28)26-20)11-17-10-15(3)27(16(17)4)19-7-5-6-18(25)12-19/h5-12H,1-4H3/b22-11-. The second kappa shape index (κ2) is 6.93. The van der Waals surface area contributed by atoms with Crippen molar-refractivity contribution >= 4 is 49.3 Å². The van der Waals surface area contributed by atoms with Crippen LogP contribution in [0.3, 0.4) is 0 Å². The highest BCUT2D eigenvalue weighted by molar-refractivity contribution is 9.10. The maximum absolute atomic E-state index is 13.2. The third-order valence-electron chi connectivity index (χ3n) is 5.68. The second-order valence-corrected chi connectivity index (χ2v) is 9.64. The normalized spacial score (nSPS) is 12.5. The van der Waals surface area contributed by atoms with Crippen molar-refractivity contribution in [3.63, 3.8) is 0 Å². The zero-order valence-electron chi connectivity index (χ0n) is 17.2. The Morgan fingerprint density at radius 1 is 1.03 bits per heavy atom. The maximum Gasteiger partial charge on any atom is 0.274 e. The van der Waals surface area contributed by atoms with Crippen LogP contribution in [0, 0.1) is 27.7 Å². The van der Waals surface area contributed by atoms with Crippen LogP contribution in [0.2, 0.25) is 0 Å². The summed E-state index contributed by atoms with van der Waals surface area (Å²) in [4.78, 5) is 18.6. The van der Waals surface area contributed by atoms with Crippen molar-refractivity contribution in [3.05, 3.63) is 89.9 Å². The summed E-state index contributed by atoms with van der Waals surface area (Å²) >= 11 is 5.00. The van der Waals surface area contributed by atoms with E-state index in [1.165, 1.54) is 16.9 Å². The number of aromatic nitrogens is 3. The largest absolute Gasteiger partial charge is 0.318 e. The van der Waals surface area contributed by atoms with E-state index >= 15 is 0 Å². The molecule has 0 aliphatic carbocycles. The Kier molecular flexibility index (Phi) is 4.45. The van der Waals surface area contributed by atoms with Crippen molar-refractivity contribution in [3.8, 4) is 5.69 Å². The molecule has 0 atom stereocenters. The lowest BCUT2D eigenvalue weighted by Gasteiger charge is -2.09. The first-order valence-electron chi connectivity index (χ1n) is 9.72. The lowest BCUT2D eigenvalue weighted by atomic mass is 10.1. The molecule has 2 aromatic carbocycles. The number of halogens is 1. The van der Waals surface area contributed by atoms with Gasteiger partial charge in [-0.05, 0) is 86.9 Å². The molecule has 0 saturated carbocycles. The number of thiazole rings is 1. The van der Waals surface area contributed by atoms with E-state index in [4.69, 9.17) is 4.98 Å². The Morgan fingerprint density at radius 3 is 2.57 bits per heavy atom. The minimum Gasteiger partial charge on any atom is -0.318 e. The number of aryl methyl sites for hydroxylation is 3. The van der Waals surface area contributed by atoms with Gasteiger partial charge in [-0.2, -0.15) is 0 Å². The molecule has 30 heavy (non-hydrogen) atoms. The van der Waals surface area contributed by atoms with Crippen LogP contribution in [0.4, 0.5) is 0 Å². The number of hydrogen-bond donors (Lipinski definition) is 0. The Hall–Kier alpha value is -2.70. The topological polar surface area (TPSA) is 39.3 Å². The van der Waals surface area contributed by atoms with E-state index in [1.807, 2.05) is 18.2 Å². The lowest BCUT2D eigenvalue weighted by molar-refractivity contribution is 0.963. The summed E-state index contributed by atoms with van der Waals surface area (Å²) in [7, 11) is 0. The van der Waals surface area contributed by atoms with Crippen LogP contribution in [0.1, 0.15) is 28.1 Å². The molecule has 0 unspecified atom stereocenters. The summed E-state index contributed by atoms with van der Waals surface area (Å²) in [6, 6.07) is 14.5. The minimum absolute atomic E-state index is 0.00647. The molecule has 0 amide bonds. The van der Waals surface area contributed by atoms with Gasteiger partial charge in [0.25, 0.3) is 5.56 Å². The molecule has 0 radical (unpaired) electrons. The molecule has 5 aromatic rings. The third kappa shape index (κ3) is 2.94. The highest BCUT2D eigenvalue weighted by Crippen LogP contribution is 2.24. The fourth-order valence-electron chi connectivity index (χ4n) is 4.01. The number of fused-ring (bicyclic) bond motifs is 3. The van der Waals surface area contributed by atoms with Crippen molar-refractivity contribution in [2.45, 2.75) is 27.7 Å². The van der Waals surface area contributed by atoms with Gasteiger partial charge in [-0.1, -0.05) is 33.3 Å². The third-order valence-corrected chi connectivity index (χ3v) is 7.14. The van der Waals surface area contributed by atoms with Gasteiger partial charge in [-0.15, -0.1) is 0 Å². The molecule has 0 aliphatic heterocycles. The van der Waals surface area contributed by atoms with E-state index < -0.39 is 0 Å². The van der Waals surface area contributed by atoms with Crippen LogP contribution >= 0.6 is 27.3 Å². The summed E-state index contributed by atoms with van der Waals surface area (Å²) in [5.41, 5.74) is 8.48. The summed E-state index contributed by atoms with van der Waals surface area (Å²) in [5, 5.41) is 0. The highest BCUT2D eigenvalue weighted by Gasteiger charge is 2.14. The molecular weight excluding hydrogens is 458 g/mol. The van der Waals surface area contributed by atoms with Crippen molar-refractivity contribution in [2.75, 3.05) is 0 Å². The van der Waals surface area contributed by atoms with Crippen LogP contribution in [0.25, 0.3) is 27.8 Å². The smallest absolute Gasteiger partial charge is 0.274 e. The van der Waals surface area contributed by atoms with E-state index in [9.17, 15) is 4.79 Å². The molecule has 3 heterocycles. The van der Waals surface area contributed by atoms with Crippen molar-refractivity contribution in [1.29, 1.82) is 0 Å². The molecule has 0 spiro atoms. The quantitative estimate of drug-likeness (QED) is 0.348. The second-order valence-electron chi connectivity index (χ2n) is 7.71. The summed E-state index contributed by atoms with van der Waals surface area (Å²) in [5.74, 6) is 0. The van der Waals surface area contributed by atoms with Crippen LogP contribution in [0.5, 0.6) is 0 Å². The molecule has 150 valence electrons. The maximum atomic E-state index is 13.2. The Labute approximate surface area is 186 Å². The first-order chi connectivity index (χ1) is 14.3. The molecule has 0 N–H and O–H groups in total. The average molecular weight is 478 g/mol. The number of imidazole rings is 1. The molecule has 0 aliphatic rings. The van der Waals surface area contributed by atoms with Crippen molar-refractivity contribution in [1.82, 2.24) is 14.0 Å². The van der Waals surface area contributed by atoms with E-state index in [1.54, 1.807) is 4.40 Å². The van der Waals surface area contributed by atoms with Gasteiger partial charge in [0.1, 0.15) is 0 Å². The summed E-state index contributed by atoms with van der Waals surface area (Å²) in [6.07, 6.45) is 1.99. The molecule has 6 heteroatoms. The van der Waals surface area contributed by atoms with Gasteiger partial charge in [-0.25, -0.2) is 9.38 Å². The SMILES string of the molecule is Cc1cc2nc3s/c(=C\c4cc(C)n(-c5cccc(Br)c5)c4C)c(=O)n3c2cc1C. The molecule has 4 nitrogen and oxygen atoms in total. The molecule has 0 bridgehead atoms. The molecule has 3 aromatic heterocycles. The molecular formula is C24H20BrN3OS. The number of rotatable bonds is 2. The Balaban J connectivity index is 1.71. The lowest BCUT2D eigenvalue weighted by Crippen LogP contribution is -2.22. The summed E-state index contributed by atoms with van der Waals surface area (Å²) in [6.45, 7) is 8.31. The first-order valence-corrected chi connectivity index (χ1v) is 11.3. The molecule has 0 saturated heterocycles. The fourth-order valence-corrected chi connectivity index (χ4v) is 5.37. The van der Waals surface area contributed by atoms with Gasteiger partial charge in [0.2, 0.25) is 0 Å². The zero-order valence-corrected chi connectivity index (χ0v) is 19.6. The fraction of sp³-hybridized carbons (Fsp3) is 0.167. The van der Waals surface area contributed by atoms with E-state index in [-0.39, 0.29) is 5.56 Å². The zero-order chi connectivity index (χ0) is 21.2. The van der Waals surface area contributed by atoms with Gasteiger partial charge in [-0.3, -0.25) is 4.79 Å². The van der Waals surface area contributed by atoms with Crippen LogP contribution in [-0.2, 0) is 0 Å². The van der Waals surface area contributed by atoms with Crippen LogP contribution in [0.15, 0.2) is 51.7 Å². The van der Waals surface area contributed by atoms with Gasteiger partial charge < -0.3 is 4.57 Å². The minimum atomic E-state index is -0.00647. The monoisotopic (exact) mass is 477 g/mol. The average Bonchev–Trinajstić information content (AvgIpc) is 3.27. The highest BCUT2D eigenvalue weighted by atomic mass is 79.9.